The van der Waals surface area contributed by atoms with Crippen LogP contribution in [0.1, 0.15) is 0 Å². The van der Waals surface area contributed by atoms with Crippen LogP contribution < -0.4 is 0 Å². The Morgan fingerprint density at radius 1 is 0.351 bits per heavy atom. The summed E-state index contributed by atoms with van der Waals surface area (Å²) in [6, 6.07) is 45.5. The molecule has 0 bridgehead atoms. The third-order valence-electron chi connectivity index (χ3n) is 6.31. The molecule has 1 aromatic heterocycles. The van der Waals surface area contributed by atoms with E-state index in [1.165, 1.54) is 11.1 Å². The highest BCUT2D eigenvalue weighted by Crippen LogP contribution is 2.38. The first-order chi connectivity index (χ1) is 18.3. The van der Waals surface area contributed by atoms with Gasteiger partial charge in [0.2, 0.25) is 5.28 Å². The summed E-state index contributed by atoms with van der Waals surface area (Å²) in [6.07, 6.45) is 0. The second kappa shape index (κ2) is 10.2. The van der Waals surface area contributed by atoms with Gasteiger partial charge in [0.15, 0.2) is 11.6 Å². The molecule has 0 aliphatic heterocycles. The van der Waals surface area contributed by atoms with Crippen molar-refractivity contribution in [3.8, 4) is 56.2 Å². The van der Waals surface area contributed by atoms with E-state index in [2.05, 4.69) is 88.8 Å². The van der Waals surface area contributed by atoms with Crippen LogP contribution in [0.3, 0.4) is 0 Å². The van der Waals surface area contributed by atoms with Gasteiger partial charge in [-0.2, -0.15) is 9.97 Å². The molecule has 0 fully saturated rings. The smallest absolute Gasteiger partial charge is 0.208 e. The van der Waals surface area contributed by atoms with Crippen LogP contribution in [0.15, 0.2) is 133 Å². The van der Waals surface area contributed by atoms with Crippen LogP contribution >= 0.6 is 11.6 Å². The number of nitrogens with zero attached hydrogens (tertiary/aromatic N) is 3. The first-order valence-corrected chi connectivity index (χ1v) is 12.5. The summed E-state index contributed by atoms with van der Waals surface area (Å²) in [6.45, 7) is 0. The predicted octanol–water partition coefficient (Wildman–Crippen LogP) is 8.86. The fourth-order valence-electron chi connectivity index (χ4n) is 4.55. The van der Waals surface area contributed by atoms with Gasteiger partial charge in [0.1, 0.15) is 0 Å². The Balaban J connectivity index is 1.54. The Morgan fingerprint density at radius 3 is 1.46 bits per heavy atom. The van der Waals surface area contributed by atoms with Crippen molar-refractivity contribution in [2.75, 3.05) is 0 Å². The highest BCUT2D eigenvalue weighted by atomic mass is 35.5. The minimum Gasteiger partial charge on any atom is -0.208 e. The molecule has 37 heavy (non-hydrogen) atoms. The monoisotopic (exact) mass is 495 g/mol. The van der Waals surface area contributed by atoms with Gasteiger partial charge in [-0.3, -0.25) is 0 Å². The first-order valence-electron chi connectivity index (χ1n) is 12.1. The maximum absolute atomic E-state index is 6.40. The summed E-state index contributed by atoms with van der Waals surface area (Å²) >= 11 is 6.40. The van der Waals surface area contributed by atoms with Gasteiger partial charge in [-0.05, 0) is 57.1 Å². The second-order valence-corrected chi connectivity index (χ2v) is 8.99. The summed E-state index contributed by atoms with van der Waals surface area (Å²) in [4.78, 5) is 13.7. The highest BCUT2D eigenvalue weighted by molar-refractivity contribution is 6.28. The lowest BCUT2D eigenvalue weighted by molar-refractivity contribution is 1.07. The minimum absolute atomic E-state index is 0.168. The zero-order valence-corrected chi connectivity index (χ0v) is 20.7. The van der Waals surface area contributed by atoms with Crippen molar-refractivity contribution in [1.29, 1.82) is 0 Å². The molecule has 4 heteroatoms. The summed E-state index contributed by atoms with van der Waals surface area (Å²) in [7, 11) is 0. The van der Waals surface area contributed by atoms with Gasteiger partial charge in [0, 0.05) is 11.1 Å². The highest BCUT2D eigenvalue weighted by Gasteiger charge is 2.16. The van der Waals surface area contributed by atoms with Crippen LogP contribution in [-0.4, -0.2) is 15.0 Å². The summed E-state index contributed by atoms with van der Waals surface area (Å²) in [5.74, 6) is 1.09. The maximum Gasteiger partial charge on any atom is 0.226 e. The largest absolute Gasteiger partial charge is 0.226 e. The third kappa shape index (κ3) is 4.77. The molecule has 0 atom stereocenters. The van der Waals surface area contributed by atoms with E-state index in [4.69, 9.17) is 16.6 Å². The van der Waals surface area contributed by atoms with Crippen LogP contribution in [0, 0.1) is 0 Å². The molecular formula is C33H22ClN3. The molecule has 1 heterocycles. The van der Waals surface area contributed by atoms with E-state index in [1.807, 2.05) is 54.6 Å². The molecule has 6 aromatic rings. The molecule has 0 saturated carbocycles. The minimum atomic E-state index is 0.168. The maximum atomic E-state index is 6.40. The van der Waals surface area contributed by atoms with E-state index in [0.717, 1.165) is 33.4 Å². The lowest BCUT2D eigenvalue weighted by Crippen LogP contribution is -1.99. The van der Waals surface area contributed by atoms with Gasteiger partial charge in [-0.15, -0.1) is 0 Å². The molecule has 3 nitrogen and oxygen atoms in total. The van der Waals surface area contributed by atoms with Crippen LogP contribution in [0.25, 0.3) is 56.2 Å². The van der Waals surface area contributed by atoms with Crippen LogP contribution in [0.4, 0.5) is 0 Å². The molecular weight excluding hydrogens is 474 g/mol. The lowest BCUT2D eigenvalue weighted by atomic mass is 9.90. The van der Waals surface area contributed by atoms with Crippen molar-refractivity contribution in [1.82, 2.24) is 15.0 Å². The van der Waals surface area contributed by atoms with Crippen LogP contribution in [0.2, 0.25) is 5.28 Å². The molecule has 6 rings (SSSR count). The van der Waals surface area contributed by atoms with Gasteiger partial charge in [0.25, 0.3) is 0 Å². The van der Waals surface area contributed by atoms with E-state index in [0.29, 0.717) is 11.6 Å². The van der Waals surface area contributed by atoms with E-state index in [9.17, 15) is 0 Å². The van der Waals surface area contributed by atoms with Crippen molar-refractivity contribution in [2.24, 2.45) is 0 Å². The molecule has 0 radical (unpaired) electrons. The first kappa shape index (κ1) is 22.8. The predicted molar refractivity (Wildman–Crippen MR) is 152 cm³/mol. The van der Waals surface area contributed by atoms with Gasteiger partial charge in [0.05, 0.1) is 0 Å². The zero-order valence-electron chi connectivity index (χ0n) is 19.9. The Morgan fingerprint density at radius 2 is 0.838 bits per heavy atom. The van der Waals surface area contributed by atoms with E-state index in [1.54, 1.807) is 0 Å². The van der Waals surface area contributed by atoms with Gasteiger partial charge < -0.3 is 0 Å². The van der Waals surface area contributed by atoms with Crippen LogP contribution in [-0.2, 0) is 0 Å². The Bertz CT molecular complexity index is 1670. The summed E-state index contributed by atoms with van der Waals surface area (Å²) < 4.78 is 0. The van der Waals surface area contributed by atoms with E-state index >= 15 is 0 Å². The standard InChI is InChI=1S/C33H22ClN3/c34-33-36-31(25-16-8-3-9-17-25)35-32(37-33)29-21-20-26(22-30(29)24-14-6-2-7-15-24)28-19-11-10-18-27(28)23-12-4-1-5-13-23/h1-22H. The molecule has 0 unspecified atom stereocenters. The summed E-state index contributed by atoms with van der Waals surface area (Å²) in [5.41, 5.74) is 8.54. The van der Waals surface area contributed by atoms with Crippen molar-refractivity contribution < 1.29 is 0 Å². The average molecular weight is 496 g/mol. The second-order valence-electron chi connectivity index (χ2n) is 8.66. The number of benzene rings is 5. The van der Waals surface area contributed by atoms with E-state index in [-0.39, 0.29) is 5.28 Å². The normalized spacial score (nSPS) is 10.8. The average Bonchev–Trinajstić information content (AvgIpc) is 2.98. The fourth-order valence-corrected chi connectivity index (χ4v) is 4.71. The van der Waals surface area contributed by atoms with Crippen molar-refractivity contribution in [2.45, 2.75) is 0 Å². The number of hydrogen-bond donors (Lipinski definition) is 0. The molecule has 0 amide bonds. The molecule has 5 aromatic carbocycles. The van der Waals surface area contributed by atoms with Gasteiger partial charge >= 0.3 is 0 Å². The number of halogens is 1. The zero-order chi connectivity index (χ0) is 25.0. The van der Waals surface area contributed by atoms with Crippen molar-refractivity contribution in [3.05, 3.63) is 139 Å². The topological polar surface area (TPSA) is 38.7 Å². The summed E-state index contributed by atoms with van der Waals surface area (Å²) in [5, 5.41) is 0.168. The Labute approximate surface area is 221 Å². The van der Waals surface area contributed by atoms with Gasteiger partial charge in [-0.25, -0.2) is 4.98 Å². The molecule has 0 N–H and O–H groups in total. The Hall–Kier alpha value is -4.60. The lowest BCUT2D eigenvalue weighted by Gasteiger charge is -2.15. The molecule has 0 aliphatic carbocycles. The molecule has 0 aliphatic rings. The number of aromatic nitrogens is 3. The SMILES string of the molecule is Clc1nc(-c2ccccc2)nc(-c2ccc(-c3ccccc3-c3ccccc3)cc2-c2ccccc2)n1. The molecule has 0 saturated heterocycles. The third-order valence-corrected chi connectivity index (χ3v) is 6.48. The van der Waals surface area contributed by atoms with Crippen LogP contribution in [0.5, 0.6) is 0 Å². The quantitative estimate of drug-likeness (QED) is 0.240. The fraction of sp³-hybridized carbons (Fsp3) is 0. The van der Waals surface area contributed by atoms with Gasteiger partial charge in [-0.1, -0.05) is 121 Å². The Kier molecular flexibility index (Phi) is 6.28. The number of rotatable bonds is 5. The van der Waals surface area contributed by atoms with E-state index < -0.39 is 0 Å². The van der Waals surface area contributed by atoms with Crippen molar-refractivity contribution in [3.63, 3.8) is 0 Å². The van der Waals surface area contributed by atoms with Crippen molar-refractivity contribution >= 4 is 11.6 Å². The molecule has 176 valence electrons. The number of hydrogen-bond acceptors (Lipinski definition) is 3. The molecule has 0 spiro atoms.